The van der Waals surface area contributed by atoms with Crippen LogP contribution in [0.5, 0.6) is 0 Å². The first-order chi connectivity index (χ1) is 10.3. The van der Waals surface area contributed by atoms with Crippen molar-refractivity contribution in [1.82, 2.24) is 15.6 Å². The lowest BCUT2D eigenvalue weighted by atomic mass is 10.1. The molecule has 0 bridgehead atoms. The van der Waals surface area contributed by atoms with Crippen LogP contribution in [0.1, 0.15) is 15.4 Å². The molecule has 1 aromatic heterocycles. The normalized spacial score (nSPS) is 10.9. The minimum absolute atomic E-state index is 0. The summed E-state index contributed by atoms with van der Waals surface area (Å²) in [5.74, 6) is 0.846. The number of nitrogens with one attached hydrogen (secondary N) is 2. The highest BCUT2D eigenvalue weighted by Crippen LogP contribution is 2.10. The van der Waals surface area contributed by atoms with Gasteiger partial charge in [0.25, 0.3) is 0 Å². The maximum Gasteiger partial charge on any atom is 0.191 e. The van der Waals surface area contributed by atoms with Crippen molar-refractivity contribution in [3.05, 3.63) is 52.0 Å². The molecule has 2 N–H and O–H groups in total. The number of aromatic nitrogens is 1. The zero-order valence-electron chi connectivity index (χ0n) is 13.0. The topological polar surface area (TPSA) is 49.3 Å². The molecule has 1 heterocycles. The predicted molar refractivity (Wildman–Crippen MR) is 105 cm³/mol. The second kappa shape index (κ2) is 10.6. The highest BCUT2D eigenvalue weighted by atomic mass is 127. The van der Waals surface area contributed by atoms with Gasteiger partial charge in [0.05, 0.1) is 5.01 Å². The fourth-order valence-electron chi connectivity index (χ4n) is 2.00. The van der Waals surface area contributed by atoms with Crippen LogP contribution in [-0.4, -0.2) is 31.1 Å². The summed E-state index contributed by atoms with van der Waals surface area (Å²) in [6, 6.07) is 10.5. The van der Waals surface area contributed by atoms with E-state index in [0.29, 0.717) is 0 Å². The molecule has 120 valence electrons. The second-order valence-electron chi connectivity index (χ2n) is 4.78. The lowest BCUT2D eigenvalue weighted by Crippen LogP contribution is -2.39. The molecule has 0 spiro atoms. The van der Waals surface area contributed by atoms with Crippen molar-refractivity contribution >= 4 is 41.3 Å². The van der Waals surface area contributed by atoms with Crippen LogP contribution in [0, 0.1) is 6.92 Å². The third kappa shape index (κ3) is 6.74. The van der Waals surface area contributed by atoms with E-state index in [1.807, 2.05) is 12.3 Å². The number of benzene rings is 1. The molecular weight excluding hydrogens is 407 g/mol. The first-order valence-corrected chi connectivity index (χ1v) is 7.99. The van der Waals surface area contributed by atoms with Gasteiger partial charge in [-0.05, 0) is 18.9 Å². The summed E-state index contributed by atoms with van der Waals surface area (Å²) in [6.45, 7) is 3.80. The quantitative estimate of drug-likeness (QED) is 0.421. The van der Waals surface area contributed by atoms with Crippen molar-refractivity contribution in [3.63, 3.8) is 0 Å². The summed E-state index contributed by atoms with van der Waals surface area (Å²) in [6.07, 6.45) is 3.85. The first-order valence-electron chi connectivity index (χ1n) is 7.17. The SMILES string of the molecule is CN=C(NCCc1ccccc1)NCCc1ncc(C)s1.I. The summed E-state index contributed by atoms with van der Waals surface area (Å²) in [7, 11) is 1.80. The Hall–Kier alpha value is -1.15. The largest absolute Gasteiger partial charge is 0.356 e. The van der Waals surface area contributed by atoms with Crippen molar-refractivity contribution < 1.29 is 0 Å². The Morgan fingerprint density at radius 1 is 1.14 bits per heavy atom. The zero-order chi connectivity index (χ0) is 14.9. The number of aliphatic imine (C=N–C) groups is 1. The van der Waals surface area contributed by atoms with Crippen molar-refractivity contribution in [3.8, 4) is 0 Å². The molecule has 0 atom stereocenters. The van der Waals surface area contributed by atoms with Crippen LogP contribution in [-0.2, 0) is 12.8 Å². The van der Waals surface area contributed by atoms with E-state index in [9.17, 15) is 0 Å². The molecule has 0 aliphatic rings. The van der Waals surface area contributed by atoms with E-state index in [2.05, 4.69) is 51.8 Å². The third-order valence-electron chi connectivity index (χ3n) is 3.07. The summed E-state index contributed by atoms with van der Waals surface area (Å²) < 4.78 is 0. The fraction of sp³-hybridized carbons (Fsp3) is 0.375. The summed E-state index contributed by atoms with van der Waals surface area (Å²) >= 11 is 1.75. The van der Waals surface area contributed by atoms with Crippen LogP contribution in [0.4, 0.5) is 0 Å². The van der Waals surface area contributed by atoms with Gasteiger partial charge in [-0.25, -0.2) is 4.98 Å². The second-order valence-corrected chi connectivity index (χ2v) is 6.10. The number of hydrogen-bond donors (Lipinski definition) is 2. The third-order valence-corrected chi connectivity index (χ3v) is 4.05. The van der Waals surface area contributed by atoms with Crippen molar-refractivity contribution in [2.75, 3.05) is 20.1 Å². The van der Waals surface area contributed by atoms with E-state index in [0.717, 1.165) is 31.9 Å². The Kier molecular flexibility index (Phi) is 9.07. The van der Waals surface area contributed by atoms with Gasteiger partial charge >= 0.3 is 0 Å². The van der Waals surface area contributed by atoms with E-state index < -0.39 is 0 Å². The minimum atomic E-state index is 0. The van der Waals surface area contributed by atoms with Crippen LogP contribution >= 0.6 is 35.3 Å². The summed E-state index contributed by atoms with van der Waals surface area (Å²) in [4.78, 5) is 9.85. The van der Waals surface area contributed by atoms with E-state index in [4.69, 9.17) is 0 Å². The van der Waals surface area contributed by atoms with Gasteiger partial charge in [0.2, 0.25) is 0 Å². The molecule has 0 unspecified atom stereocenters. The van der Waals surface area contributed by atoms with E-state index in [-0.39, 0.29) is 24.0 Å². The van der Waals surface area contributed by atoms with Gasteiger partial charge in [-0.1, -0.05) is 30.3 Å². The molecule has 22 heavy (non-hydrogen) atoms. The molecule has 2 rings (SSSR count). The Morgan fingerprint density at radius 2 is 1.82 bits per heavy atom. The number of aryl methyl sites for hydroxylation is 1. The first kappa shape index (κ1) is 18.9. The lowest BCUT2D eigenvalue weighted by molar-refractivity contribution is 0.782. The zero-order valence-corrected chi connectivity index (χ0v) is 16.2. The van der Waals surface area contributed by atoms with Gasteiger partial charge in [0.15, 0.2) is 5.96 Å². The van der Waals surface area contributed by atoms with Crippen LogP contribution < -0.4 is 10.6 Å². The Labute approximate surface area is 153 Å². The lowest BCUT2D eigenvalue weighted by Gasteiger charge is -2.11. The molecule has 0 saturated carbocycles. The average Bonchev–Trinajstić information content (AvgIpc) is 2.92. The average molecular weight is 430 g/mol. The van der Waals surface area contributed by atoms with E-state index in [1.165, 1.54) is 15.4 Å². The number of hydrogen-bond acceptors (Lipinski definition) is 3. The van der Waals surface area contributed by atoms with Crippen molar-refractivity contribution in [2.45, 2.75) is 19.8 Å². The van der Waals surface area contributed by atoms with E-state index >= 15 is 0 Å². The van der Waals surface area contributed by atoms with Gasteiger partial charge in [-0.2, -0.15) is 0 Å². The number of nitrogens with zero attached hydrogens (tertiary/aromatic N) is 2. The van der Waals surface area contributed by atoms with Crippen LogP contribution in [0.3, 0.4) is 0 Å². The van der Waals surface area contributed by atoms with Gasteiger partial charge in [-0.15, -0.1) is 35.3 Å². The smallest absolute Gasteiger partial charge is 0.191 e. The summed E-state index contributed by atoms with van der Waals surface area (Å²) in [5.41, 5.74) is 1.33. The van der Waals surface area contributed by atoms with Crippen LogP contribution in [0.25, 0.3) is 0 Å². The molecule has 0 radical (unpaired) electrons. The molecule has 6 heteroatoms. The molecule has 2 aromatic rings. The maximum absolute atomic E-state index is 4.36. The Balaban J connectivity index is 0.00000242. The van der Waals surface area contributed by atoms with Gasteiger partial charge in [-0.3, -0.25) is 4.99 Å². The van der Waals surface area contributed by atoms with Gasteiger partial charge in [0.1, 0.15) is 0 Å². The van der Waals surface area contributed by atoms with Gasteiger partial charge in [0, 0.05) is 37.6 Å². The predicted octanol–water partition coefficient (Wildman–Crippen LogP) is 3.02. The van der Waals surface area contributed by atoms with Crippen molar-refractivity contribution in [2.24, 2.45) is 4.99 Å². The molecule has 0 saturated heterocycles. The summed E-state index contributed by atoms with van der Waals surface area (Å²) in [5, 5.41) is 7.82. The highest BCUT2D eigenvalue weighted by Gasteiger charge is 2.00. The molecule has 0 aliphatic heterocycles. The monoisotopic (exact) mass is 430 g/mol. The number of guanidine groups is 1. The number of halogens is 1. The molecule has 0 amide bonds. The highest BCUT2D eigenvalue weighted by molar-refractivity contribution is 14.0. The molecule has 1 aromatic carbocycles. The minimum Gasteiger partial charge on any atom is -0.356 e. The number of thiazole rings is 1. The van der Waals surface area contributed by atoms with Crippen LogP contribution in [0.2, 0.25) is 0 Å². The Morgan fingerprint density at radius 3 is 2.41 bits per heavy atom. The molecule has 0 aliphatic carbocycles. The van der Waals surface area contributed by atoms with Crippen LogP contribution in [0.15, 0.2) is 41.5 Å². The standard InChI is InChI=1S/C16H22N4S.HI/c1-13-12-20-15(21-13)9-11-19-16(17-2)18-10-8-14-6-4-3-5-7-14;/h3-7,12H,8-11H2,1-2H3,(H2,17,18,19);1H. The van der Waals surface area contributed by atoms with Crippen molar-refractivity contribution in [1.29, 1.82) is 0 Å². The molecule has 0 fully saturated rings. The maximum atomic E-state index is 4.36. The molecular formula is C16H23IN4S. The Bertz CT molecular complexity index is 569. The fourth-order valence-corrected chi connectivity index (χ4v) is 2.78. The van der Waals surface area contributed by atoms with Gasteiger partial charge < -0.3 is 10.6 Å². The number of rotatable bonds is 6. The molecule has 4 nitrogen and oxygen atoms in total. The van der Waals surface area contributed by atoms with E-state index in [1.54, 1.807) is 18.4 Å².